The predicted molar refractivity (Wildman–Crippen MR) is 68.1 cm³/mol. The van der Waals surface area contributed by atoms with Gasteiger partial charge < -0.3 is 20.3 Å². The molecule has 6 nitrogen and oxygen atoms in total. The third kappa shape index (κ3) is 1.80. The number of rotatable bonds is 2. The summed E-state index contributed by atoms with van der Waals surface area (Å²) in [5.41, 5.74) is 1.53. The second-order valence-electron chi connectivity index (χ2n) is 4.30. The van der Waals surface area contributed by atoms with Gasteiger partial charge in [0.25, 0.3) is 0 Å². The van der Waals surface area contributed by atoms with Crippen LogP contribution in [-0.4, -0.2) is 47.2 Å². The van der Waals surface area contributed by atoms with E-state index < -0.39 is 5.97 Å². The minimum absolute atomic E-state index is 0.241. The van der Waals surface area contributed by atoms with E-state index in [-0.39, 0.29) is 5.56 Å². The van der Waals surface area contributed by atoms with Crippen molar-refractivity contribution in [2.24, 2.45) is 0 Å². The minimum atomic E-state index is -0.945. The van der Waals surface area contributed by atoms with Crippen LogP contribution in [0.1, 0.15) is 10.4 Å². The van der Waals surface area contributed by atoms with E-state index in [1.807, 2.05) is 6.07 Å². The van der Waals surface area contributed by atoms with Gasteiger partial charge in [-0.1, -0.05) is 6.07 Å². The molecule has 1 fully saturated rings. The van der Waals surface area contributed by atoms with Gasteiger partial charge in [-0.25, -0.2) is 9.78 Å². The summed E-state index contributed by atoms with van der Waals surface area (Å²) in [6.07, 6.45) is 0. The molecule has 1 aliphatic rings. The quantitative estimate of drug-likeness (QED) is 0.725. The molecular weight excluding hydrogens is 232 g/mol. The van der Waals surface area contributed by atoms with Crippen LogP contribution in [0.15, 0.2) is 18.2 Å². The van der Waals surface area contributed by atoms with Crippen molar-refractivity contribution in [3.8, 4) is 0 Å². The van der Waals surface area contributed by atoms with E-state index in [1.54, 1.807) is 12.1 Å². The van der Waals surface area contributed by atoms with Crippen LogP contribution in [0.25, 0.3) is 11.0 Å². The smallest absolute Gasteiger partial charge is 0.337 e. The van der Waals surface area contributed by atoms with Gasteiger partial charge >= 0.3 is 5.97 Å². The maximum absolute atomic E-state index is 11.1. The summed E-state index contributed by atoms with van der Waals surface area (Å²) in [5.74, 6) is -0.195. The first kappa shape index (κ1) is 11.0. The van der Waals surface area contributed by atoms with E-state index in [1.165, 1.54) is 0 Å². The third-order valence-corrected chi connectivity index (χ3v) is 3.15. The lowest BCUT2D eigenvalue weighted by Crippen LogP contribution is -2.44. The summed E-state index contributed by atoms with van der Waals surface area (Å²) in [7, 11) is 0. The van der Waals surface area contributed by atoms with Crippen molar-refractivity contribution < 1.29 is 9.90 Å². The van der Waals surface area contributed by atoms with E-state index in [4.69, 9.17) is 5.11 Å². The molecule has 0 saturated carbocycles. The van der Waals surface area contributed by atoms with Gasteiger partial charge in [-0.2, -0.15) is 0 Å². The molecule has 0 spiro atoms. The van der Waals surface area contributed by atoms with Gasteiger partial charge in [-0.05, 0) is 12.1 Å². The Kier molecular flexibility index (Phi) is 2.64. The molecule has 94 valence electrons. The summed E-state index contributed by atoms with van der Waals surface area (Å²) in [6, 6.07) is 5.15. The van der Waals surface area contributed by atoms with Gasteiger partial charge in [0.05, 0.1) is 11.1 Å². The largest absolute Gasteiger partial charge is 0.478 e. The predicted octanol–water partition coefficient (Wildman–Crippen LogP) is 0.671. The lowest BCUT2D eigenvalue weighted by atomic mass is 10.2. The number of anilines is 1. The highest BCUT2D eigenvalue weighted by molar-refractivity contribution is 6.01. The number of imidazole rings is 1. The van der Waals surface area contributed by atoms with Crippen LogP contribution in [0, 0.1) is 0 Å². The average Bonchev–Trinajstić information content (AvgIpc) is 2.83. The first-order valence-electron chi connectivity index (χ1n) is 5.93. The number of H-pyrrole nitrogens is 1. The number of nitrogens with one attached hydrogen (secondary N) is 2. The summed E-state index contributed by atoms with van der Waals surface area (Å²) in [5, 5.41) is 12.4. The third-order valence-electron chi connectivity index (χ3n) is 3.15. The fourth-order valence-electron chi connectivity index (χ4n) is 2.22. The van der Waals surface area contributed by atoms with Crippen molar-refractivity contribution in [2.45, 2.75) is 0 Å². The Morgan fingerprint density at radius 1 is 1.33 bits per heavy atom. The number of fused-ring (bicyclic) bond motifs is 1. The number of para-hydroxylation sites is 1. The second kappa shape index (κ2) is 4.30. The molecule has 1 aromatic heterocycles. The normalized spacial score (nSPS) is 16.1. The lowest BCUT2D eigenvalue weighted by Gasteiger charge is -2.26. The fourth-order valence-corrected chi connectivity index (χ4v) is 2.22. The minimum Gasteiger partial charge on any atom is -0.478 e. The molecule has 18 heavy (non-hydrogen) atoms. The van der Waals surface area contributed by atoms with Crippen LogP contribution in [-0.2, 0) is 0 Å². The zero-order valence-electron chi connectivity index (χ0n) is 9.81. The Hall–Kier alpha value is -2.08. The lowest BCUT2D eigenvalue weighted by molar-refractivity contribution is 0.0699. The van der Waals surface area contributed by atoms with Crippen molar-refractivity contribution in [3.63, 3.8) is 0 Å². The fraction of sp³-hybridized carbons (Fsp3) is 0.333. The summed E-state index contributed by atoms with van der Waals surface area (Å²) in [6.45, 7) is 3.59. The maximum Gasteiger partial charge on any atom is 0.337 e. The first-order chi connectivity index (χ1) is 8.75. The van der Waals surface area contributed by atoms with E-state index in [2.05, 4.69) is 20.2 Å². The van der Waals surface area contributed by atoms with E-state index in [9.17, 15) is 4.79 Å². The number of hydrogen-bond donors (Lipinski definition) is 3. The molecule has 3 rings (SSSR count). The molecule has 2 heterocycles. The molecule has 0 bridgehead atoms. The van der Waals surface area contributed by atoms with Gasteiger partial charge in [-0.3, -0.25) is 0 Å². The number of hydrogen-bond acceptors (Lipinski definition) is 4. The van der Waals surface area contributed by atoms with E-state index >= 15 is 0 Å². The second-order valence-corrected chi connectivity index (χ2v) is 4.30. The van der Waals surface area contributed by atoms with Crippen molar-refractivity contribution in [3.05, 3.63) is 23.8 Å². The van der Waals surface area contributed by atoms with Crippen LogP contribution in [0.3, 0.4) is 0 Å². The van der Waals surface area contributed by atoms with E-state index in [0.29, 0.717) is 5.52 Å². The topological polar surface area (TPSA) is 81.2 Å². The first-order valence-corrected chi connectivity index (χ1v) is 5.93. The zero-order valence-corrected chi connectivity index (χ0v) is 9.81. The zero-order chi connectivity index (χ0) is 12.5. The molecule has 0 aliphatic carbocycles. The van der Waals surface area contributed by atoms with Crippen LogP contribution in [0.5, 0.6) is 0 Å². The van der Waals surface area contributed by atoms with E-state index in [0.717, 1.165) is 37.6 Å². The molecule has 6 heteroatoms. The van der Waals surface area contributed by atoms with Crippen molar-refractivity contribution >= 4 is 23.0 Å². The molecule has 1 saturated heterocycles. The summed E-state index contributed by atoms with van der Waals surface area (Å²) < 4.78 is 0. The Morgan fingerprint density at radius 3 is 2.83 bits per heavy atom. The Balaban J connectivity index is 2.04. The molecular formula is C12H14N4O2. The number of aromatic nitrogens is 2. The van der Waals surface area contributed by atoms with Crippen LogP contribution >= 0.6 is 0 Å². The van der Waals surface area contributed by atoms with Gasteiger partial charge in [0.1, 0.15) is 5.52 Å². The highest BCUT2D eigenvalue weighted by atomic mass is 16.4. The molecule has 3 N–H and O–H groups in total. The standard InChI is InChI=1S/C12H14N4O2/c17-11(18)8-2-1-3-9-10(8)15-12(14-9)16-6-4-13-5-7-16/h1-3,13H,4-7H2,(H,14,15)(H,17,18). The number of benzene rings is 1. The molecule has 0 radical (unpaired) electrons. The van der Waals surface area contributed by atoms with Gasteiger partial charge in [-0.15, -0.1) is 0 Å². The summed E-state index contributed by atoms with van der Waals surface area (Å²) in [4.78, 5) is 20.9. The highest BCUT2D eigenvalue weighted by Gasteiger charge is 2.17. The number of aromatic amines is 1. The molecule has 1 aromatic carbocycles. The van der Waals surface area contributed by atoms with Gasteiger partial charge in [0.15, 0.2) is 0 Å². The number of carboxylic acid groups (broad SMARTS) is 1. The van der Waals surface area contributed by atoms with Crippen LogP contribution < -0.4 is 10.2 Å². The van der Waals surface area contributed by atoms with Gasteiger partial charge in [0.2, 0.25) is 5.95 Å². The number of carboxylic acids is 1. The number of piperazine rings is 1. The molecule has 1 aliphatic heterocycles. The molecule has 0 unspecified atom stereocenters. The average molecular weight is 246 g/mol. The number of carbonyl (C=O) groups is 1. The van der Waals surface area contributed by atoms with Gasteiger partial charge in [0, 0.05) is 26.2 Å². The Morgan fingerprint density at radius 2 is 2.11 bits per heavy atom. The number of aromatic carboxylic acids is 1. The highest BCUT2D eigenvalue weighted by Crippen LogP contribution is 2.21. The molecule has 2 aromatic rings. The SMILES string of the molecule is O=C(O)c1cccc2[nH]c(N3CCNCC3)nc12. The Bertz CT molecular complexity index is 587. The van der Waals surface area contributed by atoms with Crippen LogP contribution in [0.2, 0.25) is 0 Å². The maximum atomic E-state index is 11.1. The van der Waals surface area contributed by atoms with Crippen molar-refractivity contribution in [1.82, 2.24) is 15.3 Å². The van der Waals surface area contributed by atoms with Crippen molar-refractivity contribution in [2.75, 3.05) is 31.1 Å². The summed E-state index contributed by atoms with van der Waals surface area (Å²) >= 11 is 0. The molecule has 0 atom stereocenters. The number of nitrogens with zero attached hydrogens (tertiary/aromatic N) is 2. The Labute approximate surface area is 104 Å². The van der Waals surface area contributed by atoms with Crippen molar-refractivity contribution in [1.29, 1.82) is 0 Å². The molecule has 0 amide bonds. The van der Waals surface area contributed by atoms with Crippen LogP contribution in [0.4, 0.5) is 5.95 Å². The monoisotopic (exact) mass is 246 g/mol.